The predicted octanol–water partition coefficient (Wildman–Crippen LogP) is 5.18. The van der Waals surface area contributed by atoms with E-state index in [0.717, 1.165) is 18.6 Å². The lowest BCUT2D eigenvalue weighted by molar-refractivity contribution is -0.137. The Labute approximate surface area is 158 Å². The molecular weight excluding hydrogens is 378 g/mol. The Bertz CT molecular complexity index is 928. The van der Waals surface area contributed by atoms with Gasteiger partial charge in [-0.25, -0.2) is 9.18 Å². The molecule has 2 aliphatic rings. The molecule has 1 fully saturated rings. The summed E-state index contributed by atoms with van der Waals surface area (Å²) in [6, 6.07) is 6.98. The van der Waals surface area contributed by atoms with Gasteiger partial charge in [-0.2, -0.15) is 13.2 Å². The average Bonchev–Trinajstić information content (AvgIpc) is 2.66. The van der Waals surface area contributed by atoms with Gasteiger partial charge in [-0.05, 0) is 48.7 Å². The Morgan fingerprint density at radius 1 is 1.18 bits per heavy atom. The highest BCUT2D eigenvalue weighted by atomic mass is 19.4. The van der Waals surface area contributed by atoms with E-state index in [1.165, 1.54) is 24.3 Å². The second kappa shape index (κ2) is 6.77. The fraction of sp³-hybridized carbons (Fsp3) is 0.350. The van der Waals surface area contributed by atoms with Crippen LogP contribution in [0, 0.1) is 11.7 Å². The van der Waals surface area contributed by atoms with Crippen molar-refractivity contribution in [2.24, 2.45) is 5.92 Å². The van der Waals surface area contributed by atoms with Crippen molar-refractivity contribution < 1.29 is 32.2 Å². The molecule has 2 N–H and O–H groups in total. The molecular formula is C20H17F4NO3. The summed E-state index contributed by atoms with van der Waals surface area (Å²) in [7, 11) is 0. The number of hydrogen-bond donors (Lipinski definition) is 2. The lowest BCUT2D eigenvalue weighted by Gasteiger charge is -2.43. The molecule has 4 nitrogen and oxygen atoms in total. The Hall–Kier alpha value is -2.61. The van der Waals surface area contributed by atoms with Crippen molar-refractivity contribution in [3.05, 3.63) is 64.5 Å². The second-order valence-corrected chi connectivity index (χ2v) is 7.06. The first kappa shape index (κ1) is 18.7. The van der Waals surface area contributed by atoms with Crippen LogP contribution < -0.4 is 5.32 Å². The Morgan fingerprint density at radius 2 is 1.96 bits per heavy atom. The van der Waals surface area contributed by atoms with Gasteiger partial charge in [0.1, 0.15) is 5.82 Å². The summed E-state index contributed by atoms with van der Waals surface area (Å²) in [4.78, 5) is 11.0. The molecule has 0 amide bonds. The molecule has 2 aliphatic heterocycles. The molecule has 8 heteroatoms. The quantitative estimate of drug-likeness (QED) is 0.689. The van der Waals surface area contributed by atoms with Gasteiger partial charge in [-0.15, -0.1) is 0 Å². The van der Waals surface area contributed by atoms with Crippen molar-refractivity contribution in [2.45, 2.75) is 31.2 Å². The van der Waals surface area contributed by atoms with E-state index < -0.39 is 41.2 Å². The van der Waals surface area contributed by atoms with Crippen molar-refractivity contribution in [1.29, 1.82) is 0 Å². The number of benzene rings is 2. The molecule has 0 saturated carbocycles. The van der Waals surface area contributed by atoms with Gasteiger partial charge in [-0.1, -0.05) is 6.07 Å². The maximum absolute atomic E-state index is 14.2. The minimum absolute atomic E-state index is 0.195. The summed E-state index contributed by atoms with van der Waals surface area (Å²) in [5, 5.41) is 12.2. The average molecular weight is 395 g/mol. The molecule has 0 radical (unpaired) electrons. The molecule has 4 rings (SSSR count). The van der Waals surface area contributed by atoms with E-state index in [1.54, 1.807) is 0 Å². The lowest BCUT2D eigenvalue weighted by atomic mass is 9.77. The maximum Gasteiger partial charge on any atom is 0.416 e. The summed E-state index contributed by atoms with van der Waals surface area (Å²) < 4.78 is 59.4. The number of alkyl halides is 3. The standard InChI is InChI=1S/C20H17F4NO3/c21-15-8-10(3-5-12(15)19(26)27)17-13-2-1-7-28-18(13)14-9-11(20(22,23)24)4-6-16(14)25-17/h3-6,8-9,13,17-18,25H,1-2,7H2,(H,26,27)/t13-,17+,18-/m1/s1. The van der Waals surface area contributed by atoms with Crippen LogP contribution in [0.2, 0.25) is 0 Å². The Kier molecular flexibility index (Phi) is 4.53. The summed E-state index contributed by atoms with van der Waals surface area (Å²) in [5.74, 6) is -2.40. The molecule has 0 aliphatic carbocycles. The van der Waals surface area contributed by atoms with Crippen molar-refractivity contribution in [1.82, 2.24) is 0 Å². The zero-order valence-electron chi connectivity index (χ0n) is 14.6. The van der Waals surface area contributed by atoms with Gasteiger partial charge in [0.25, 0.3) is 0 Å². The number of carbonyl (C=O) groups is 1. The van der Waals surface area contributed by atoms with E-state index in [0.29, 0.717) is 29.8 Å². The van der Waals surface area contributed by atoms with Crippen molar-refractivity contribution in [2.75, 3.05) is 11.9 Å². The van der Waals surface area contributed by atoms with E-state index >= 15 is 0 Å². The first-order valence-electron chi connectivity index (χ1n) is 8.88. The zero-order valence-corrected chi connectivity index (χ0v) is 14.6. The topological polar surface area (TPSA) is 58.6 Å². The smallest absolute Gasteiger partial charge is 0.416 e. The zero-order chi connectivity index (χ0) is 20.1. The summed E-state index contributed by atoms with van der Waals surface area (Å²) in [5.41, 5.74) is 0.318. The van der Waals surface area contributed by atoms with E-state index in [1.807, 2.05) is 0 Å². The first-order chi connectivity index (χ1) is 13.3. The van der Waals surface area contributed by atoms with Gasteiger partial charge in [0.2, 0.25) is 0 Å². The van der Waals surface area contributed by atoms with E-state index in [4.69, 9.17) is 9.84 Å². The van der Waals surface area contributed by atoms with Crippen LogP contribution in [-0.2, 0) is 10.9 Å². The van der Waals surface area contributed by atoms with Gasteiger partial charge < -0.3 is 15.2 Å². The number of carboxylic acids is 1. The minimum atomic E-state index is -4.45. The van der Waals surface area contributed by atoms with Gasteiger partial charge >= 0.3 is 12.1 Å². The van der Waals surface area contributed by atoms with Crippen molar-refractivity contribution >= 4 is 11.7 Å². The van der Waals surface area contributed by atoms with Crippen LogP contribution in [0.3, 0.4) is 0 Å². The Balaban J connectivity index is 1.75. The van der Waals surface area contributed by atoms with Gasteiger partial charge in [-0.3, -0.25) is 0 Å². The fourth-order valence-corrected chi connectivity index (χ4v) is 4.08. The van der Waals surface area contributed by atoms with Crippen LogP contribution in [0.15, 0.2) is 36.4 Å². The third-order valence-corrected chi connectivity index (χ3v) is 5.38. The molecule has 0 unspecified atom stereocenters. The number of nitrogens with one attached hydrogen (secondary N) is 1. The molecule has 0 bridgehead atoms. The highest BCUT2D eigenvalue weighted by molar-refractivity contribution is 5.88. The SMILES string of the molecule is O=C(O)c1ccc([C@@H]2Nc3ccc(C(F)(F)F)cc3[C@@H]3OCCC[C@H]23)cc1F. The molecule has 1 saturated heterocycles. The molecule has 28 heavy (non-hydrogen) atoms. The third kappa shape index (κ3) is 3.22. The van der Waals surface area contributed by atoms with Crippen LogP contribution in [0.5, 0.6) is 0 Å². The van der Waals surface area contributed by atoms with E-state index in [2.05, 4.69) is 5.32 Å². The predicted molar refractivity (Wildman–Crippen MR) is 92.6 cm³/mol. The number of rotatable bonds is 2. The summed E-state index contributed by atoms with van der Waals surface area (Å²) in [6.45, 7) is 0.440. The first-order valence-corrected chi connectivity index (χ1v) is 8.88. The highest BCUT2D eigenvalue weighted by Crippen LogP contribution is 2.50. The number of hydrogen-bond acceptors (Lipinski definition) is 3. The van der Waals surface area contributed by atoms with Crippen molar-refractivity contribution in [3.63, 3.8) is 0 Å². The van der Waals surface area contributed by atoms with E-state index in [-0.39, 0.29) is 5.92 Å². The minimum Gasteiger partial charge on any atom is -0.478 e. The number of halogens is 4. The van der Waals surface area contributed by atoms with Crippen LogP contribution in [0.25, 0.3) is 0 Å². The van der Waals surface area contributed by atoms with Gasteiger partial charge in [0.15, 0.2) is 0 Å². The largest absolute Gasteiger partial charge is 0.478 e. The second-order valence-electron chi connectivity index (χ2n) is 7.06. The van der Waals surface area contributed by atoms with Crippen LogP contribution in [0.1, 0.15) is 52.0 Å². The fourth-order valence-electron chi connectivity index (χ4n) is 4.08. The summed E-state index contributed by atoms with van der Waals surface area (Å²) >= 11 is 0. The monoisotopic (exact) mass is 395 g/mol. The van der Waals surface area contributed by atoms with Gasteiger partial charge in [0, 0.05) is 23.8 Å². The third-order valence-electron chi connectivity index (χ3n) is 5.38. The molecule has 0 aromatic heterocycles. The van der Waals surface area contributed by atoms with Crippen LogP contribution >= 0.6 is 0 Å². The van der Waals surface area contributed by atoms with Crippen LogP contribution in [-0.4, -0.2) is 17.7 Å². The Morgan fingerprint density at radius 3 is 2.64 bits per heavy atom. The van der Waals surface area contributed by atoms with Crippen molar-refractivity contribution in [3.8, 4) is 0 Å². The number of fused-ring (bicyclic) bond motifs is 3. The molecule has 3 atom stereocenters. The number of ether oxygens (including phenoxy) is 1. The number of anilines is 1. The van der Waals surface area contributed by atoms with Crippen LogP contribution in [0.4, 0.5) is 23.2 Å². The number of aromatic carboxylic acids is 1. The summed E-state index contributed by atoms with van der Waals surface area (Å²) in [6.07, 6.45) is -3.56. The lowest BCUT2D eigenvalue weighted by Crippen LogP contribution is -2.36. The molecule has 0 spiro atoms. The number of carboxylic acid groups (broad SMARTS) is 1. The highest BCUT2D eigenvalue weighted by Gasteiger charge is 2.41. The van der Waals surface area contributed by atoms with Gasteiger partial charge in [0.05, 0.1) is 23.3 Å². The molecule has 2 aromatic carbocycles. The maximum atomic E-state index is 14.2. The molecule has 2 aromatic rings. The molecule has 2 heterocycles. The van der Waals surface area contributed by atoms with E-state index in [9.17, 15) is 22.4 Å². The normalized spacial score (nSPS) is 24.1. The molecule has 148 valence electrons.